The number of hydrogen-bond donors (Lipinski definition) is 1. The summed E-state index contributed by atoms with van der Waals surface area (Å²) in [6.45, 7) is 1.97. The van der Waals surface area contributed by atoms with Gasteiger partial charge in [-0.2, -0.15) is 5.26 Å². The van der Waals surface area contributed by atoms with Crippen LogP contribution in [0.3, 0.4) is 0 Å². The number of halogens is 1. The van der Waals surface area contributed by atoms with Gasteiger partial charge in [0.05, 0.1) is 5.25 Å². The van der Waals surface area contributed by atoms with Gasteiger partial charge in [0.15, 0.2) is 0 Å². The zero-order valence-electron chi connectivity index (χ0n) is 15.4. The maximum Gasteiger partial charge on any atom is 0.264 e. The quantitative estimate of drug-likeness (QED) is 0.637. The lowest BCUT2D eigenvalue weighted by Gasteiger charge is -2.18. The number of nitriles is 1. The van der Waals surface area contributed by atoms with Crippen molar-refractivity contribution in [3.05, 3.63) is 76.1 Å². The molecule has 28 heavy (non-hydrogen) atoms. The third kappa shape index (κ3) is 3.78. The van der Waals surface area contributed by atoms with Gasteiger partial charge in [0.2, 0.25) is 5.91 Å². The molecule has 2 amide bonds. The molecule has 2 aromatic carbocycles. The summed E-state index contributed by atoms with van der Waals surface area (Å²) in [7, 11) is 1.43. The van der Waals surface area contributed by atoms with Crippen LogP contribution in [0.5, 0.6) is 0 Å². The van der Waals surface area contributed by atoms with E-state index in [0.717, 1.165) is 11.1 Å². The number of anilines is 1. The number of likely N-dealkylation sites (N-methyl/N-ethyl adjacent to an activating group) is 1. The Hall–Kier alpha value is -3.11. The number of nitrogens with zero attached hydrogens (tertiary/aromatic N) is 2. The van der Waals surface area contributed by atoms with Gasteiger partial charge in [-0.25, -0.2) is 4.39 Å². The second kappa shape index (κ2) is 8.28. The molecule has 3 rings (SSSR count). The number of hydrogen-bond acceptors (Lipinski definition) is 4. The van der Waals surface area contributed by atoms with Crippen LogP contribution in [0, 0.1) is 24.1 Å². The SMILES string of the molecule is CNC(=O)/C(C#N)=C1/S[C@H](Cc2ccccc2C)C(=O)N1c1ccc(F)cc1. The summed E-state index contributed by atoms with van der Waals surface area (Å²) in [4.78, 5) is 26.7. The molecule has 0 aliphatic carbocycles. The van der Waals surface area contributed by atoms with Crippen LogP contribution in [0.15, 0.2) is 59.1 Å². The first kappa shape index (κ1) is 19.6. The third-order valence-electron chi connectivity index (χ3n) is 4.48. The minimum atomic E-state index is -0.568. The molecule has 7 heteroatoms. The highest BCUT2D eigenvalue weighted by atomic mass is 32.2. The van der Waals surface area contributed by atoms with E-state index in [0.29, 0.717) is 12.1 Å². The van der Waals surface area contributed by atoms with Crippen LogP contribution in [0.4, 0.5) is 10.1 Å². The van der Waals surface area contributed by atoms with Crippen molar-refractivity contribution in [2.75, 3.05) is 11.9 Å². The van der Waals surface area contributed by atoms with Crippen molar-refractivity contribution in [3.8, 4) is 6.07 Å². The van der Waals surface area contributed by atoms with Crippen molar-refractivity contribution in [1.82, 2.24) is 5.32 Å². The Bertz CT molecular complexity index is 995. The smallest absolute Gasteiger partial charge is 0.264 e. The average molecular weight is 395 g/mol. The van der Waals surface area contributed by atoms with Crippen LogP contribution in [-0.2, 0) is 16.0 Å². The minimum absolute atomic E-state index is 0.141. The van der Waals surface area contributed by atoms with Gasteiger partial charge in [0.1, 0.15) is 22.5 Å². The van der Waals surface area contributed by atoms with Crippen LogP contribution in [0.25, 0.3) is 0 Å². The fraction of sp³-hybridized carbons (Fsp3) is 0.190. The molecule has 2 aromatic rings. The molecule has 1 heterocycles. The number of thioether (sulfide) groups is 1. The molecule has 1 saturated heterocycles. The van der Waals surface area contributed by atoms with Gasteiger partial charge in [-0.3, -0.25) is 14.5 Å². The summed E-state index contributed by atoms with van der Waals surface area (Å²) in [5.74, 6) is -1.25. The lowest BCUT2D eigenvalue weighted by Crippen LogP contribution is -2.31. The van der Waals surface area contributed by atoms with Crippen molar-refractivity contribution < 1.29 is 14.0 Å². The first-order chi connectivity index (χ1) is 13.5. The lowest BCUT2D eigenvalue weighted by atomic mass is 10.0. The summed E-state index contributed by atoms with van der Waals surface area (Å²) in [6, 6.07) is 15.1. The van der Waals surface area contributed by atoms with E-state index in [9.17, 15) is 19.2 Å². The Morgan fingerprint density at radius 3 is 2.54 bits per heavy atom. The molecule has 1 N–H and O–H groups in total. The first-order valence-electron chi connectivity index (χ1n) is 8.63. The van der Waals surface area contributed by atoms with Gasteiger partial charge in [-0.05, 0) is 48.7 Å². The zero-order chi connectivity index (χ0) is 20.3. The molecule has 0 unspecified atom stereocenters. The van der Waals surface area contributed by atoms with E-state index in [-0.39, 0.29) is 16.5 Å². The van der Waals surface area contributed by atoms with Crippen LogP contribution >= 0.6 is 11.8 Å². The standard InChI is InChI=1S/C21H18FN3O2S/c1-13-5-3-4-6-14(13)11-18-20(27)25(16-9-7-15(22)8-10-16)21(28-18)17(12-23)19(26)24-2/h3-10,18H,11H2,1-2H3,(H,24,26)/b21-17+/t18-/m1/s1. The monoisotopic (exact) mass is 395 g/mol. The number of carbonyl (C=O) groups is 2. The number of nitrogens with one attached hydrogen (secondary N) is 1. The van der Waals surface area contributed by atoms with Crippen molar-refractivity contribution in [2.24, 2.45) is 0 Å². The van der Waals surface area contributed by atoms with Crippen LogP contribution < -0.4 is 10.2 Å². The van der Waals surface area contributed by atoms with Gasteiger partial charge < -0.3 is 5.32 Å². The zero-order valence-corrected chi connectivity index (χ0v) is 16.2. The highest BCUT2D eigenvalue weighted by molar-refractivity contribution is 8.05. The van der Waals surface area contributed by atoms with E-state index >= 15 is 0 Å². The molecule has 1 aliphatic heterocycles. The van der Waals surface area contributed by atoms with Gasteiger partial charge in [0, 0.05) is 12.7 Å². The normalized spacial score (nSPS) is 18.0. The molecule has 142 valence electrons. The van der Waals surface area contributed by atoms with Crippen LogP contribution in [0.2, 0.25) is 0 Å². The summed E-state index contributed by atoms with van der Waals surface area (Å²) >= 11 is 1.18. The van der Waals surface area contributed by atoms with Gasteiger partial charge in [-0.1, -0.05) is 36.0 Å². The van der Waals surface area contributed by atoms with E-state index in [2.05, 4.69) is 5.32 Å². The molecule has 0 spiro atoms. The molecule has 1 fully saturated rings. The molecule has 0 saturated carbocycles. The van der Waals surface area contributed by atoms with E-state index in [1.807, 2.05) is 37.3 Å². The Morgan fingerprint density at radius 1 is 1.25 bits per heavy atom. The van der Waals surface area contributed by atoms with E-state index < -0.39 is 17.0 Å². The molecule has 0 aromatic heterocycles. The maximum atomic E-state index is 13.3. The predicted octanol–water partition coefficient (Wildman–Crippen LogP) is 3.31. The lowest BCUT2D eigenvalue weighted by molar-refractivity contribution is -0.117. The second-order valence-corrected chi connectivity index (χ2v) is 7.45. The highest BCUT2D eigenvalue weighted by Gasteiger charge is 2.40. The Morgan fingerprint density at radius 2 is 1.93 bits per heavy atom. The molecular weight excluding hydrogens is 377 g/mol. The molecule has 1 atom stereocenters. The Labute approximate surface area is 166 Å². The van der Waals surface area contributed by atoms with Crippen LogP contribution in [-0.4, -0.2) is 24.1 Å². The summed E-state index contributed by atoms with van der Waals surface area (Å²) in [5, 5.41) is 11.7. The highest BCUT2D eigenvalue weighted by Crippen LogP contribution is 2.42. The summed E-state index contributed by atoms with van der Waals surface area (Å²) in [5.41, 5.74) is 2.36. The van der Waals surface area contributed by atoms with Crippen molar-refractivity contribution in [3.63, 3.8) is 0 Å². The number of rotatable bonds is 4. The summed E-state index contributed by atoms with van der Waals surface area (Å²) in [6.07, 6.45) is 0.462. The fourth-order valence-electron chi connectivity index (χ4n) is 2.98. The van der Waals surface area contributed by atoms with Gasteiger partial charge in [0.25, 0.3) is 5.91 Å². The Kier molecular flexibility index (Phi) is 5.81. The molecule has 1 aliphatic rings. The third-order valence-corrected chi connectivity index (χ3v) is 5.75. The average Bonchev–Trinajstić information content (AvgIpc) is 3.01. The number of benzene rings is 2. The number of amides is 2. The first-order valence-corrected chi connectivity index (χ1v) is 9.51. The van der Waals surface area contributed by atoms with Gasteiger partial charge in [-0.15, -0.1) is 0 Å². The van der Waals surface area contributed by atoms with Crippen molar-refractivity contribution in [2.45, 2.75) is 18.6 Å². The minimum Gasteiger partial charge on any atom is -0.354 e. The van der Waals surface area contributed by atoms with Gasteiger partial charge >= 0.3 is 0 Å². The van der Waals surface area contributed by atoms with E-state index in [1.54, 1.807) is 0 Å². The molecule has 0 radical (unpaired) electrons. The Balaban J connectivity index is 2.06. The van der Waals surface area contributed by atoms with Crippen molar-refractivity contribution >= 4 is 29.3 Å². The fourth-order valence-corrected chi connectivity index (χ4v) is 4.27. The number of aryl methyl sites for hydroxylation is 1. The maximum absolute atomic E-state index is 13.3. The summed E-state index contributed by atoms with van der Waals surface area (Å²) < 4.78 is 13.3. The molecular formula is C21H18FN3O2S. The van der Waals surface area contributed by atoms with Crippen LogP contribution in [0.1, 0.15) is 11.1 Å². The second-order valence-electron chi connectivity index (χ2n) is 6.26. The van der Waals surface area contributed by atoms with E-state index in [4.69, 9.17) is 0 Å². The topological polar surface area (TPSA) is 73.2 Å². The molecule has 5 nitrogen and oxygen atoms in total. The number of carbonyl (C=O) groups excluding carboxylic acids is 2. The largest absolute Gasteiger partial charge is 0.354 e. The predicted molar refractivity (Wildman–Crippen MR) is 107 cm³/mol. The molecule has 0 bridgehead atoms. The van der Waals surface area contributed by atoms with E-state index in [1.165, 1.54) is 48.0 Å². The van der Waals surface area contributed by atoms with Crippen molar-refractivity contribution in [1.29, 1.82) is 5.26 Å².